The van der Waals surface area contributed by atoms with Gasteiger partial charge in [-0.05, 0) is 35.0 Å². The zero-order valence-electron chi connectivity index (χ0n) is 14.6. The normalized spacial score (nSPS) is 11.6. The van der Waals surface area contributed by atoms with Gasteiger partial charge in [0.25, 0.3) is 0 Å². The summed E-state index contributed by atoms with van der Waals surface area (Å²) in [4.78, 5) is 12.1. The summed E-state index contributed by atoms with van der Waals surface area (Å²) < 4.78 is 73.3. The molecule has 0 aliphatic carbocycles. The predicted molar refractivity (Wildman–Crippen MR) is 92.5 cm³/mol. The summed E-state index contributed by atoms with van der Waals surface area (Å²) in [5, 5.41) is 5.98. The zero-order chi connectivity index (χ0) is 21.1. The van der Waals surface area contributed by atoms with Crippen molar-refractivity contribution in [3.8, 4) is 11.5 Å². The van der Waals surface area contributed by atoms with E-state index in [0.29, 0.717) is 0 Å². The summed E-state index contributed by atoms with van der Waals surface area (Å²) in [7, 11) is 1.25. The van der Waals surface area contributed by atoms with E-state index in [1.807, 2.05) is 0 Å². The smallest absolute Gasteiger partial charge is 0.436 e. The lowest BCUT2D eigenvalue weighted by Gasteiger charge is -2.12. The minimum Gasteiger partial charge on any atom is -0.493 e. The van der Waals surface area contributed by atoms with Crippen LogP contribution in [0.1, 0.15) is 17.8 Å². The quantitative estimate of drug-likeness (QED) is 0.598. The Kier molecular flexibility index (Phi) is 6.86. The molecule has 0 saturated heterocycles. The number of halogens is 6. The number of nitrogens with zero attached hydrogens (tertiary/aromatic N) is 2. The van der Waals surface area contributed by atoms with Crippen molar-refractivity contribution in [2.45, 2.75) is 32.7 Å². The van der Waals surface area contributed by atoms with Gasteiger partial charge in [0, 0.05) is 18.2 Å². The molecule has 6 nitrogen and oxygen atoms in total. The van der Waals surface area contributed by atoms with E-state index in [1.165, 1.54) is 32.2 Å². The molecule has 2 aromatic rings. The summed E-state index contributed by atoms with van der Waals surface area (Å²) in [6, 6.07) is 3.81. The SMILES string of the molecule is COc1cc(NC(=O)CCn2nc(C(F)(F)F)c(Br)c2C)ccc1OC(F)F. The molecule has 0 atom stereocenters. The average Bonchev–Trinajstić information content (AvgIpc) is 2.89. The van der Waals surface area contributed by atoms with Gasteiger partial charge in [0.15, 0.2) is 17.2 Å². The van der Waals surface area contributed by atoms with Gasteiger partial charge in [-0.1, -0.05) is 0 Å². The molecule has 1 aromatic heterocycles. The molecule has 2 rings (SSSR count). The van der Waals surface area contributed by atoms with Crippen molar-refractivity contribution in [1.29, 1.82) is 0 Å². The van der Waals surface area contributed by atoms with E-state index in [-0.39, 0.29) is 40.3 Å². The van der Waals surface area contributed by atoms with Gasteiger partial charge in [-0.3, -0.25) is 9.48 Å². The molecule has 1 aromatic carbocycles. The number of benzene rings is 1. The number of hydrogen-bond donors (Lipinski definition) is 1. The number of hydrogen-bond acceptors (Lipinski definition) is 4. The summed E-state index contributed by atoms with van der Waals surface area (Å²) in [5.74, 6) is -0.726. The Morgan fingerprint density at radius 2 is 2.00 bits per heavy atom. The van der Waals surface area contributed by atoms with Crippen LogP contribution in [-0.2, 0) is 17.5 Å². The van der Waals surface area contributed by atoms with Crippen molar-refractivity contribution < 1.29 is 36.2 Å². The molecule has 0 spiro atoms. The lowest BCUT2D eigenvalue weighted by atomic mass is 10.2. The standard InChI is InChI=1S/C16H15BrF5N3O3/c1-8-13(17)14(16(20,21)22)24-25(8)6-5-12(26)23-9-3-4-10(28-15(18)19)11(7-9)27-2/h3-4,7,15H,5-6H2,1-2H3,(H,23,26). The Hall–Kier alpha value is -2.37. The second kappa shape index (κ2) is 8.76. The minimum absolute atomic E-state index is 0.0141. The lowest BCUT2D eigenvalue weighted by molar-refractivity contribution is -0.142. The fourth-order valence-corrected chi connectivity index (χ4v) is 2.80. The second-order valence-corrected chi connectivity index (χ2v) is 6.30. The van der Waals surface area contributed by atoms with Crippen molar-refractivity contribution in [2.75, 3.05) is 12.4 Å². The molecular weight excluding hydrogens is 457 g/mol. The van der Waals surface area contributed by atoms with Crippen molar-refractivity contribution in [2.24, 2.45) is 0 Å². The first-order valence-corrected chi connectivity index (χ1v) is 8.55. The van der Waals surface area contributed by atoms with Crippen LogP contribution in [0.2, 0.25) is 0 Å². The van der Waals surface area contributed by atoms with E-state index in [4.69, 9.17) is 4.74 Å². The number of alkyl halides is 5. The molecule has 0 saturated carbocycles. The van der Waals surface area contributed by atoms with Crippen molar-refractivity contribution in [3.63, 3.8) is 0 Å². The van der Waals surface area contributed by atoms with Crippen LogP contribution in [0.25, 0.3) is 0 Å². The molecule has 154 valence electrons. The van der Waals surface area contributed by atoms with E-state index in [0.717, 1.165) is 4.68 Å². The monoisotopic (exact) mass is 471 g/mol. The third kappa shape index (κ3) is 5.33. The third-order valence-corrected chi connectivity index (χ3v) is 4.57. The number of carbonyl (C=O) groups excluding carboxylic acids is 1. The van der Waals surface area contributed by atoms with E-state index >= 15 is 0 Å². The molecule has 0 aliphatic rings. The number of aromatic nitrogens is 2. The first-order valence-electron chi connectivity index (χ1n) is 7.75. The Morgan fingerprint density at radius 3 is 2.54 bits per heavy atom. The van der Waals surface area contributed by atoms with Gasteiger partial charge >= 0.3 is 12.8 Å². The number of rotatable bonds is 7. The maximum Gasteiger partial charge on any atom is 0.436 e. The topological polar surface area (TPSA) is 65.4 Å². The predicted octanol–water partition coefficient (Wildman–Crippen LogP) is 4.61. The maximum absolute atomic E-state index is 12.9. The number of ether oxygens (including phenoxy) is 2. The highest BCUT2D eigenvalue weighted by atomic mass is 79.9. The molecule has 0 radical (unpaired) electrons. The Bertz CT molecular complexity index is 855. The van der Waals surface area contributed by atoms with Crippen LogP contribution in [-0.4, -0.2) is 29.4 Å². The minimum atomic E-state index is -4.62. The number of methoxy groups -OCH3 is 1. The van der Waals surface area contributed by atoms with Gasteiger partial charge in [-0.2, -0.15) is 27.1 Å². The fraction of sp³-hybridized carbons (Fsp3) is 0.375. The number of carbonyl (C=O) groups is 1. The zero-order valence-corrected chi connectivity index (χ0v) is 16.2. The molecule has 1 heterocycles. The summed E-state index contributed by atoms with van der Waals surface area (Å²) in [5.41, 5.74) is -0.585. The second-order valence-electron chi connectivity index (χ2n) is 5.51. The molecule has 28 heavy (non-hydrogen) atoms. The van der Waals surface area contributed by atoms with E-state index in [1.54, 1.807) is 0 Å². The molecule has 1 amide bonds. The molecule has 1 N–H and O–H groups in total. The summed E-state index contributed by atoms with van der Waals surface area (Å²) in [6.07, 6.45) is -4.78. The average molecular weight is 472 g/mol. The molecular formula is C16H15BrF5N3O3. The van der Waals surface area contributed by atoms with Crippen molar-refractivity contribution >= 4 is 27.5 Å². The molecule has 0 unspecified atom stereocenters. The summed E-state index contributed by atoms with van der Waals surface area (Å²) >= 11 is 2.85. The van der Waals surface area contributed by atoms with Gasteiger partial charge in [0.2, 0.25) is 5.91 Å². The van der Waals surface area contributed by atoms with Gasteiger partial charge in [-0.15, -0.1) is 0 Å². The van der Waals surface area contributed by atoms with Crippen LogP contribution < -0.4 is 14.8 Å². The van der Waals surface area contributed by atoms with E-state index in [2.05, 4.69) is 31.1 Å². The number of anilines is 1. The molecule has 0 fully saturated rings. The van der Waals surface area contributed by atoms with Crippen LogP contribution >= 0.6 is 15.9 Å². The Balaban J connectivity index is 2.03. The van der Waals surface area contributed by atoms with E-state index in [9.17, 15) is 26.7 Å². The van der Waals surface area contributed by atoms with E-state index < -0.39 is 24.4 Å². The van der Waals surface area contributed by atoms with Crippen LogP contribution in [0.4, 0.5) is 27.6 Å². The van der Waals surface area contributed by atoms with Gasteiger partial charge < -0.3 is 14.8 Å². The van der Waals surface area contributed by atoms with Crippen LogP contribution in [0, 0.1) is 6.92 Å². The first-order chi connectivity index (χ1) is 13.0. The van der Waals surface area contributed by atoms with Crippen molar-refractivity contribution in [3.05, 3.63) is 34.1 Å². The van der Waals surface area contributed by atoms with Gasteiger partial charge in [0.05, 0.1) is 23.8 Å². The largest absolute Gasteiger partial charge is 0.493 e. The van der Waals surface area contributed by atoms with Gasteiger partial charge in [-0.25, -0.2) is 0 Å². The molecule has 0 aliphatic heterocycles. The lowest BCUT2D eigenvalue weighted by Crippen LogP contribution is -2.16. The van der Waals surface area contributed by atoms with Gasteiger partial charge in [0.1, 0.15) is 0 Å². The maximum atomic E-state index is 12.9. The van der Waals surface area contributed by atoms with Crippen LogP contribution in [0.5, 0.6) is 11.5 Å². The van der Waals surface area contributed by atoms with Crippen molar-refractivity contribution in [1.82, 2.24) is 9.78 Å². The van der Waals surface area contributed by atoms with Crippen LogP contribution in [0.3, 0.4) is 0 Å². The first kappa shape index (κ1) is 21.9. The fourth-order valence-electron chi connectivity index (χ4n) is 2.29. The highest BCUT2D eigenvalue weighted by molar-refractivity contribution is 9.10. The Labute approximate surface area is 164 Å². The summed E-state index contributed by atoms with van der Waals surface area (Å²) in [6.45, 7) is -1.68. The number of amides is 1. The Morgan fingerprint density at radius 1 is 1.32 bits per heavy atom. The number of nitrogens with one attached hydrogen (secondary N) is 1. The highest BCUT2D eigenvalue weighted by Crippen LogP contribution is 2.35. The third-order valence-electron chi connectivity index (χ3n) is 3.62. The molecule has 0 bridgehead atoms. The highest BCUT2D eigenvalue weighted by Gasteiger charge is 2.37. The molecule has 12 heteroatoms. The van der Waals surface area contributed by atoms with Crippen LogP contribution in [0.15, 0.2) is 22.7 Å². The number of aryl methyl sites for hydroxylation is 1.